The van der Waals surface area contributed by atoms with Gasteiger partial charge in [0.1, 0.15) is 11.5 Å². The molecule has 1 aliphatic rings. The summed E-state index contributed by atoms with van der Waals surface area (Å²) in [5.74, 6) is 1.24. The van der Waals surface area contributed by atoms with Crippen molar-refractivity contribution < 1.29 is 9.90 Å². The van der Waals surface area contributed by atoms with Gasteiger partial charge in [0.05, 0.1) is 0 Å². The number of phenolic OH excluding ortho intramolecular Hbond substituents is 1. The lowest BCUT2D eigenvalue weighted by Gasteiger charge is -2.45. The van der Waals surface area contributed by atoms with Gasteiger partial charge in [-0.25, -0.2) is 0 Å². The molecule has 3 heteroatoms. The number of carbonyl (C=O) groups excluding carboxylic acids is 1. The van der Waals surface area contributed by atoms with Gasteiger partial charge in [0.2, 0.25) is 0 Å². The quantitative estimate of drug-likeness (QED) is 0.916. The Morgan fingerprint density at radius 2 is 1.95 bits per heavy atom. The number of ketones is 1. The summed E-state index contributed by atoms with van der Waals surface area (Å²) in [6.45, 7) is 5.41. The molecule has 1 saturated carbocycles. The smallest absolute Gasteiger partial charge is 0.133 e. The van der Waals surface area contributed by atoms with E-state index in [0.717, 1.165) is 24.9 Å². The van der Waals surface area contributed by atoms with Gasteiger partial charge >= 0.3 is 0 Å². The zero-order valence-corrected chi connectivity index (χ0v) is 12.7. The Bertz CT molecular complexity index is 472. The molecular weight excluding hydrogens is 250 g/mol. The Morgan fingerprint density at radius 1 is 1.30 bits per heavy atom. The number of hydrogen-bond acceptors (Lipinski definition) is 3. The largest absolute Gasteiger partial charge is 0.508 e. The lowest BCUT2D eigenvalue weighted by Crippen LogP contribution is -2.47. The van der Waals surface area contributed by atoms with E-state index in [2.05, 4.69) is 31.9 Å². The predicted molar refractivity (Wildman–Crippen MR) is 80.7 cm³/mol. The van der Waals surface area contributed by atoms with E-state index < -0.39 is 0 Å². The number of carbonyl (C=O) groups is 1. The maximum absolute atomic E-state index is 11.6. The van der Waals surface area contributed by atoms with Crippen LogP contribution in [0.5, 0.6) is 5.75 Å². The Labute approximate surface area is 121 Å². The molecule has 20 heavy (non-hydrogen) atoms. The second kappa shape index (κ2) is 5.96. The highest BCUT2D eigenvalue weighted by molar-refractivity contribution is 5.79. The Balaban J connectivity index is 2.36. The summed E-state index contributed by atoms with van der Waals surface area (Å²) in [6, 6.07) is 7.53. The standard InChI is InChI=1S/C17H25NO2/c1-13(2)12-18(3)17(9-7-15(19)8-10-17)14-5-4-6-16(20)11-14/h4-6,11,13,20H,7-10,12H2,1-3H3. The molecule has 1 fully saturated rings. The van der Waals surface area contributed by atoms with Crippen molar-refractivity contribution in [1.82, 2.24) is 4.90 Å². The first-order chi connectivity index (χ1) is 9.44. The molecule has 0 spiro atoms. The van der Waals surface area contributed by atoms with Crippen LogP contribution in [-0.2, 0) is 10.3 Å². The van der Waals surface area contributed by atoms with Gasteiger partial charge in [-0.05, 0) is 43.5 Å². The van der Waals surface area contributed by atoms with Crippen LogP contribution < -0.4 is 0 Å². The summed E-state index contributed by atoms with van der Waals surface area (Å²) < 4.78 is 0. The first-order valence-electron chi connectivity index (χ1n) is 7.46. The predicted octanol–water partition coefficient (Wildman–Crippen LogP) is 3.32. The SMILES string of the molecule is CC(C)CN(C)C1(c2cccc(O)c2)CCC(=O)CC1. The Hall–Kier alpha value is -1.35. The average Bonchev–Trinajstić information content (AvgIpc) is 2.39. The fourth-order valence-corrected chi connectivity index (χ4v) is 3.35. The molecule has 1 aromatic carbocycles. The first kappa shape index (κ1) is 15.0. The van der Waals surface area contributed by atoms with Gasteiger partial charge in [0, 0.05) is 24.9 Å². The number of hydrogen-bond donors (Lipinski definition) is 1. The van der Waals surface area contributed by atoms with E-state index in [-0.39, 0.29) is 5.54 Å². The molecule has 0 amide bonds. The topological polar surface area (TPSA) is 40.5 Å². The van der Waals surface area contributed by atoms with E-state index >= 15 is 0 Å². The van der Waals surface area contributed by atoms with Crippen molar-refractivity contribution >= 4 is 5.78 Å². The maximum atomic E-state index is 11.6. The Kier molecular flexibility index (Phi) is 4.48. The number of benzene rings is 1. The highest BCUT2D eigenvalue weighted by Crippen LogP contribution is 2.41. The van der Waals surface area contributed by atoms with Crippen LogP contribution in [0, 0.1) is 5.92 Å². The summed E-state index contributed by atoms with van der Waals surface area (Å²) >= 11 is 0. The number of nitrogens with zero attached hydrogens (tertiary/aromatic N) is 1. The molecular formula is C17H25NO2. The van der Waals surface area contributed by atoms with Gasteiger partial charge in [-0.2, -0.15) is 0 Å². The maximum Gasteiger partial charge on any atom is 0.133 e. The lowest BCUT2D eigenvalue weighted by atomic mass is 9.74. The van der Waals surface area contributed by atoms with Crippen LogP contribution in [0.15, 0.2) is 24.3 Å². The first-order valence-corrected chi connectivity index (χ1v) is 7.46. The van der Waals surface area contributed by atoms with Gasteiger partial charge in [-0.1, -0.05) is 26.0 Å². The normalized spacial score (nSPS) is 18.8. The third-order valence-electron chi connectivity index (χ3n) is 4.39. The van der Waals surface area contributed by atoms with Crippen LogP contribution in [0.3, 0.4) is 0 Å². The molecule has 0 atom stereocenters. The summed E-state index contributed by atoms with van der Waals surface area (Å²) in [6.07, 6.45) is 2.97. The second-order valence-corrected chi connectivity index (χ2v) is 6.39. The van der Waals surface area contributed by atoms with Crippen LogP contribution >= 0.6 is 0 Å². The minimum atomic E-state index is -0.114. The van der Waals surface area contributed by atoms with E-state index in [4.69, 9.17) is 0 Å². The molecule has 0 radical (unpaired) electrons. The summed E-state index contributed by atoms with van der Waals surface area (Å²) in [5.41, 5.74) is 1.02. The molecule has 0 aliphatic heterocycles. The van der Waals surface area contributed by atoms with Crippen molar-refractivity contribution in [1.29, 1.82) is 0 Å². The van der Waals surface area contributed by atoms with Gasteiger partial charge in [-0.3, -0.25) is 9.69 Å². The average molecular weight is 275 g/mol. The highest BCUT2D eigenvalue weighted by Gasteiger charge is 2.40. The van der Waals surface area contributed by atoms with Gasteiger partial charge in [-0.15, -0.1) is 0 Å². The molecule has 0 aromatic heterocycles. The van der Waals surface area contributed by atoms with Gasteiger partial charge in [0.25, 0.3) is 0 Å². The number of Topliss-reactive ketones (excluding diaryl/α,β-unsaturated/α-hetero) is 1. The van der Waals surface area contributed by atoms with Crippen LogP contribution in [0.25, 0.3) is 0 Å². The van der Waals surface area contributed by atoms with E-state index in [1.165, 1.54) is 0 Å². The Morgan fingerprint density at radius 3 is 2.50 bits per heavy atom. The van der Waals surface area contributed by atoms with Crippen molar-refractivity contribution in [3.8, 4) is 5.75 Å². The summed E-state index contributed by atoms with van der Waals surface area (Å²) in [5, 5.41) is 9.79. The van der Waals surface area contributed by atoms with Gasteiger partial charge < -0.3 is 5.11 Å². The van der Waals surface area contributed by atoms with Crippen LogP contribution in [0.4, 0.5) is 0 Å². The van der Waals surface area contributed by atoms with E-state index in [1.807, 2.05) is 12.1 Å². The van der Waals surface area contributed by atoms with E-state index in [9.17, 15) is 9.90 Å². The summed E-state index contributed by atoms with van der Waals surface area (Å²) in [7, 11) is 2.14. The monoisotopic (exact) mass is 275 g/mol. The van der Waals surface area contributed by atoms with Crippen LogP contribution in [0.2, 0.25) is 0 Å². The molecule has 1 aromatic rings. The molecule has 0 heterocycles. The van der Waals surface area contributed by atoms with Crippen LogP contribution in [0.1, 0.15) is 45.1 Å². The van der Waals surface area contributed by atoms with Gasteiger partial charge in [0.15, 0.2) is 0 Å². The molecule has 1 aliphatic carbocycles. The molecule has 0 bridgehead atoms. The number of phenols is 1. The fourth-order valence-electron chi connectivity index (χ4n) is 3.35. The minimum absolute atomic E-state index is 0.114. The molecule has 110 valence electrons. The molecule has 1 N–H and O–H groups in total. The van der Waals surface area contributed by atoms with Crippen molar-refractivity contribution in [2.45, 2.75) is 45.1 Å². The number of aromatic hydroxyl groups is 1. The van der Waals surface area contributed by atoms with Crippen LogP contribution in [-0.4, -0.2) is 29.4 Å². The second-order valence-electron chi connectivity index (χ2n) is 6.39. The van der Waals surface area contributed by atoms with E-state index in [1.54, 1.807) is 6.07 Å². The summed E-state index contributed by atoms with van der Waals surface area (Å²) in [4.78, 5) is 14.0. The molecule has 0 unspecified atom stereocenters. The zero-order valence-electron chi connectivity index (χ0n) is 12.7. The lowest BCUT2D eigenvalue weighted by molar-refractivity contribution is -0.123. The minimum Gasteiger partial charge on any atom is -0.508 e. The van der Waals surface area contributed by atoms with Crippen molar-refractivity contribution in [3.63, 3.8) is 0 Å². The molecule has 3 nitrogen and oxygen atoms in total. The fraction of sp³-hybridized carbons (Fsp3) is 0.588. The third kappa shape index (κ3) is 3.04. The zero-order chi connectivity index (χ0) is 14.8. The highest BCUT2D eigenvalue weighted by atomic mass is 16.3. The number of rotatable bonds is 4. The molecule has 0 saturated heterocycles. The van der Waals surface area contributed by atoms with Crippen molar-refractivity contribution in [2.75, 3.05) is 13.6 Å². The van der Waals surface area contributed by atoms with Crippen molar-refractivity contribution in [2.24, 2.45) is 5.92 Å². The third-order valence-corrected chi connectivity index (χ3v) is 4.39. The van der Waals surface area contributed by atoms with Crippen molar-refractivity contribution in [3.05, 3.63) is 29.8 Å². The van der Waals surface area contributed by atoms with E-state index in [0.29, 0.717) is 30.3 Å². The molecule has 2 rings (SSSR count).